The Hall–Kier alpha value is -1.92. The molecule has 2 rings (SSSR count). The quantitative estimate of drug-likeness (QED) is 0.916. The van der Waals surface area contributed by atoms with Crippen molar-refractivity contribution in [3.05, 3.63) is 40.4 Å². The number of amides is 1. The molecule has 0 spiro atoms. The monoisotopic (exact) mass is 321 g/mol. The SMILES string of the molecule is Cc1ccc(NC(=O)CN(C)Cc2nnc(C)n2C)cc1Cl. The Morgan fingerprint density at radius 3 is 2.68 bits per heavy atom. The molecule has 0 saturated carbocycles. The van der Waals surface area contributed by atoms with Gasteiger partial charge in [-0.25, -0.2) is 0 Å². The topological polar surface area (TPSA) is 63.1 Å². The lowest BCUT2D eigenvalue weighted by Gasteiger charge is -2.16. The van der Waals surface area contributed by atoms with Crippen molar-refractivity contribution in [2.75, 3.05) is 18.9 Å². The number of rotatable bonds is 5. The molecule has 22 heavy (non-hydrogen) atoms. The number of hydrogen-bond donors (Lipinski definition) is 1. The van der Waals surface area contributed by atoms with E-state index in [4.69, 9.17) is 11.6 Å². The molecule has 1 heterocycles. The second kappa shape index (κ2) is 6.89. The first-order valence-corrected chi connectivity index (χ1v) is 7.34. The number of likely N-dealkylation sites (N-methyl/N-ethyl adjacent to an activating group) is 1. The standard InChI is InChI=1S/C15H20ClN5O/c1-10-5-6-12(7-13(10)16)17-15(22)9-20(3)8-14-19-18-11(2)21(14)4/h5-7H,8-9H2,1-4H3,(H,17,22). The second-order valence-electron chi connectivity index (χ2n) is 5.41. The van der Waals surface area contributed by atoms with Gasteiger partial charge in [0.2, 0.25) is 5.91 Å². The molecule has 0 saturated heterocycles. The predicted molar refractivity (Wildman–Crippen MR) is 86.9 cm³/mol. The van der Waals surface area contributed by atoms with Crippen molar-refractivity contribution in [2.24, 2.45) is 7.05 Å². The molecule has 0 radical (unpaired) electrons. The van der Waals surface area contributed by atoms with Gasteiger partial charge in [-0.2, -0.15) is 0 Å². The number of anilines is 1. The maximum Gasteiger partial charge on any atom is 0.238 e. The van der Waals surface area contributed by atoms with Crippen LogP contribution in [0.4, 0.5) is 5.69 Å². The lowest BCUT2D eigenvalue weighted by Crippen LogP contribution is -2.30. The minimum atomic E-state index is -0.0960. The molecule has 2 aromatic rings. The molecule has 0 aliphatic rings. The summed E-state index contributed by atoms with van der Waals surface area (Å²) in [7, 11) is 3.78. The van der Waals surface area contributed by atoms with Crippen molar-refractivity contribution in [2.45, 2.75) is 20.4 Å². The molecule has 0 fully saturated rings. The highest BCUT2D eigenvalue weighted by Gasteiger charge is 2.12. The van der Waals surface area contributed by atoms with Gasteiger partial charge in [0.1, 0.15) is 11.6 Å². The Balaban J connectivity index is 1.91. The van der Waals surface area contributed by atoms with E-state index in [0.717, 1.165) is 17.2 Å². The number of aryl methyl sites for hydroxylation is 2. The molecule has 1 amide bonds. The Morgan fingerprint density at radius 1 is 1.36 bits per heavy atom. The van der Waals surface area contributed by atoms with Gasteiger partial charge in [0.25, 0.3) is 0 Å². The lowest BCUT2D eigenvalue weighted by molar-refractivity contribution is -0.117. The van der Waals surface area contributed by atoms with Crippen LogP contribution in [0.5, 0.6) is 0 Å². The minimum Gasteiger partial charge on any atom is -0.325 e. The fourth-order valence-electron chi connectivity index (χ4n) is 2.00. The molecule has 0 aliphatic heterocycles. The van der Waals surface area contributed by atoms with Crippen molar-refractivity contribution >= 4 is 23.2 Å². The number of hydrogen-bond acceptors (Lipinski definition) is 4. The molecule has 0 unspecified atom stereocenters. The van der Waals surface area contributed by atoms with Crippen LogP contribution in [-0.4, -0.2) is 39.2 Å². The van der Waals surface area contributed by atoms with E-state index in [2.05, 4.69) is 15.5 Å². The van der Waals surface area contributed by atoms with E-state index in [1.165, 1.54) is 0 Å². The van der Waals surface area contributed by atoms with Crippen LogP contribution < -0.4 is 5.32 Å². The van der Waals surface area contributed by atoms with Crippen LogP contribution in [0.15, 0.2) is 18.2 Å². The summed E-state index contributed by atoms with van der Waals surface area (Å²) in [4.78, 5) is 13.9. The number of nitrogens with one attached hydrogen (secondary N) is 1. The third-order valence-electron chi connectivity index (χ3n) is 3.46. The van der Waals surface area contributed by atoms with Gasteiger partial charge in [-0.1, -0.05) is 17.7 Å². The Labute approximate surface area is 135 Å². The molecule has 0 atom stereocenters. The van der Waals surface area contributed by atoms with Gasteiger partial charge in [0.15, 0.2) is 0 Å². The average Bonchev–Trinajstić information content (AvgIpc) is 2.74. The molecular formula is C15H20ClN5O. The highest BCUT2D eigenvalue weighted by Crippen LogP contribution is 2.19. The van der Waals surface area contributed by atoms with Crippen molar-refractivity contribution in [3.63, 3.8) is 0 Å². The van der Waals surface area contributed by atoms with Crippen molar-refractivity contribution in [3.8, 4) is 0 Å². The van der Waals surface area contributed by atoms with Gasteiger partial charge in [-0.15, -0.1) is 10.2 Å². The van der Waals surface area contributed by atoms with Gasteiger partial charge in [0, 0.05) is 17.8 Å². The Kier molecular flexibility index (Phi) is 5.15. The first kappa shape index (κ1) is 16.5. The highest BCUT2D eigenvalue weighted by atomic mass is 35.5. The van der Waals surface area contributed by atoms with Crippen molar-refractivity contribution in [1.82, 2.24) is 19.7 Å². The molecule has 7 heteroatoms. The molecule has 0 aliphatic carbocycles. The smallest absolute Gasteiger partial charge is 0.238 e. The summed E-state index contributed by atoms with van der Waals surface area (Å²) in [6.45, 7) is 4.63. The average molecular weight is 322 g/mol. The van der Waals surface area contributed by atoms with Crippen LogP contribution in [-0.2, 0) is 18.4 Å². The van der Waals surface area contributed by atoms with Crippen LogP contribution in [0.25, 0.3) is 0 Å². The summed E-state index contributed by atoms with van der Waals surface area (Å²) in [5, 5.41) is 11.6. The van der Waals surface area contributed by atoms with Crippen LogP contribution in [0.1, 0.15) is 17.2 Å². The maximum atomic E-state index is 12.1. The number of aromatic nitrogens is 3. The van der Waals surface area contributed by atoms with Gasteiger partial charge >= 0.3 is 0 Å². The van der Waals surface area contributed by atoms with Gasteiger partial charge < -0.3 is 9.88 Å². The Morgan fingerprint density at radius 2 is 2.09 bits per heavy atom. The summed E-state index contributed by atoms with van der Waals surface area (Å²) in [6, 6.07) is 5.47. The third kappa shape index (κ3) is 4.05. The molecule has 1 aromatic carbocycles. The van der Waals surface area contributed by atoms with Gasteiger partial charge in [-0.05, 0) is 38.6 Å². The number of benzene rings is 1. The van der Waals surface area contributed by atoms with Crippen molar-refractivity contribution < 1.29 is 4.79 Å². The Bertz CT molecular complexity index is 683. The van der Waals surface area contributed by atoms with E-state index in [1.807, 2.05) is 49.5 Å². The van der Waals surface area contributed by atoms with E-state index in [-0.39, 0.29) is 12.5 Å². The van der Waals surface area contributed by atoms with Crippen molar-refractivity contribution in [1.29, 1.82) is 0 Å². The molecule has 1 aromatic heterocycles. The fourth-order valence-corrected chi connectivity index (χ4v) is 2.18. The van der Waals surface area contributed by atoms with E-state index in [9.17, 15) is 4.79 Å². The summed E-state index contributed by atoms with van der Waals surface area (Å²) in [6.07, 6.45) is 0. The number of carbonyl (C=O) groups excluding carboxylic acids is 1. The first-order valence-electron chi connectivity index (χ1n) is 6.96. The van der Waals surface area contributed by atoms with Crippen LogP contribution in [0, 0.1) is 13.8 Å². The van der Waals surface area contributed by atoms with E-state index >= 15 is 0 Å². The van der Waals surface area contributed by atoms with E-state index in [0.29, 0.717) is 17.3 Å². The largest absolute Gasteiger partial charge is 0.325 e. The van der Waals surface area contributed by atoms with Crippen LogP contribution in [0.2, 0.25) is 5.02 Å². The van der Waals surface area contributed by atoms with Gasteiger partial charge in [-0.3, -0.25) is 9.69 Å². The highest BCUT2D eigenvalue weighted by molar-refractivity contribution is 6.31. The van der Waals surface area contributed by atoms with Crippen LogP contribution in [0.3, 0.4) is 0 Å². The number of halogens is 1. The summed E-state index contributed by atoms with van der Waals surface area (Å²) >= 11 is 6.05. The summed E-state index contributed by atoms with van der Waals surface area (Å²) < 4.78 is 1.91. The zero-order valence-corrected chi connectivity index (χ0v) is 14.0. The van der Waals surface area contributed by atoms with Crippen LogP contribution >= 0.6 is 11.6 Å². The minimum absolute atomic E-state index is 0.0960. The maximum absolute atomic E-state index is 12.1. The van der Waals surface area contributed by atoms with E-state index in [1.54, 1.807) is 6.07 Å². The zero-order valence-electron chi connectivity index (χ0n) is 13.2. The second-order valence-corrected chi connectivity index (χ2v) is 5.81. The summed E-state index contributed by atoms with van der Waals surface area (Å²) in [5.74, 6) is 1.58. The van der Waals surface area contributed by atoms with E-state index < -0.39 is 0 Å². The lowest BCUT2D eigenvalue weighted by atomic mass is 10.2. The normalized spacial score (nSPS) is 11.0. The number of nitrogens with zero attached hydrogens (tertiary/aromatic N) is 4. The third-order valence-corrected chi connectivity index (χ3v) is 3.87. The summed E-state index contributed by atoms with van der Waals surface area (Å²) in [5.41, 5.74) is 1.68. The molecule has 6 nitrogen and oxygen atoms in total. The fraction of sp³-hybridized carbons (Fsp3) is 0.400. The number of carbonyl (C=O) groups is 1. The zero-order chi connectivity index (χ0) is 16.3. The predicted octanol–water partition coefficient (Wildman–Crippen LogP) is 2.16. The molecule has 1 N–H and O–H groups in total. The van der Waals surface area contributed by atoms with Gasteiger partial charge in [0.05, 0.1) is 13.1 Å². The molecule has 0 bridgehead atoms. The molecule has 118 valence electrons. The first-order chi connectivity index (χ1) is 10.4. The molecular weight excluding hydrogens is 302 g/mol.